The molecular weight excluding hydrogens is 240 g/mol. The molecule has 90 valence electrons. The number of ether oxygens (including phenoxy) is 1. The van der Waals surface area contributed by atoms with Gasteiger partial charge in [0.2, 0.25) is 0 Å². The molecule has 1 aromatic carbocycles. The maximum Gasteiger partial charge on any atom is 0.286 e. The molecule has 0 bridgehead atoms. The SMILES string of the molecule is COc1ccc2c(c1)S(=O)(=O)N=C1CCCN12. The Labute approximate surface area is 99.8 Å². The van der Waals surface area contributed by atoms with Gasteiger partial charge in [-0.1, -0.05) is 0 Å². The van der Waals surface area contributed by atoms with Crippen LogP contribution in [0.4, 0.5) is 5.69 Å². The number of anilines is 1. The Bertz CT molecular complexity index is 607. The molecule has 1 fully saturated rings. The minimum Gasteiger partial charge on any atom is -0.497 e. The standard InChI is InChI=1S/C11H12N2O3S/c1-16-8-4-5-9-10(7-8)17(14,15)12-11-3-2-6-13(9)11/h4-5,7H,2-3,6H2,1H3. The van der Waals surface area contributed by atoms with E-state index in [0.29, 0.717) is 17.3 Å². The van der Waals surface area contributed by atoms with Crippen LogP contribution in [0, 0.1) is 0 Å². The van der Waals surface area contributed by atoms with E-state index < -0.39 is 10.0 Å². The number of amidine groups is 1. The van der Waals surface area contributed by atoms with Crippen molar-refractivity contribution in [2.45, 2.75) is 17.7 Å². The quantitative estimate of drug-likeness (QED) is 0.758. The third-order valence-corrected chi connectivity index (χ3v) is 4.39. The van der Waals surface area contributed by atoms with E-state index in [-0.39, 0.29) is 4.90 Å². The number of methoxy groups -OCH3 is 1. The van der Waals surface area contributed by atoms with E-state index in [1.807, 2.05) is 4.90 Å². The van der Waals surface area contributed by atoms with Crippen LogP contribution >= 0.6 is 0 Å². The second-order valence-corrected chi connectivity index (χ2v) is 5.64. The van der Waals surface area contributed by atoms with E-state index in [0.717, 1.165) is 19.4 Å². The Kier molecular flexibility index (Phi) is 2.16. The van der Waals surface area contributed by atoms with E-state index in [9.17, 15) is 8.42 Å². The Balaban J connectivity index is 2.25. The molecule has 0 radical (unpaired) electrons. The fourth-order valence-electron chi connectivity index (χ4n) is 2.25. The van der Waals surface area contributed by atoms with Crippen molar-refractivity contribution in [1.29, 1.82) is 0 Å². The van der Waals surface area contributed by atoms with Crippen LogP contribution in [0.5, 0.6) is 5.75 Å². The predicted molar refractivity (Wildman–Crippen MR) is 64.2 cm³/mol. The lowest BCUT2D eigenvalue weighted by molar-refractivity contribution is 0.413. The highest BCUT2D eigenvalue weighted by Gasteiger charge is 2.33. The molecular formula is C11H12N2O3S. The van der Waals surface area contributed by atoms with Gasteiger partial charge in [-0.3, -0.25) is 0 Å². The fraction of sp³-hybridized carbons (Fsp3) is 0.364. The van der Waals surface area contributed by atoms with Crippen molar-refractivity contribution < 1.29 is 13.2 Å². The summed E-state index contributed by atoms with van der Waals surface area (Å²) in [5, 5.41) is 0. The van der Waals surface area contributed by atoms with Crippen LogP contribution in [0.15, 0.2) is 27.5 Å². The van der Waals surface area contributed by atoms with Gasteiger partial charge >= 0.3 is 0 Å². The van der Waals surface area contributed by atoms with E-state index in [4.69, 9.17) is 4.74 Å². The molecule has 2 aliphatic heterocycles. The molecule has 0 N–H and O–H groups in total. The summed E-state index contributed by atoms with van der Waals surface area (Å²) in [6.45, 7) is 0.827. The molecule has 5 nitrogen and oxygen atoms in total. The second-order valence-electron chi connectivity index (χ2n) is 4.07. The van der Waals surface area contributed by atoms with Crippen molar-refractivity contribution in [2.75, 3.05) is 18.6 Å². The zero-order valence-corrected chi connectivity index (χ0v) is 10.2. The number of fused-ring (bicyclic) bond motifs is 3. The first-order valence-electron chi connectivity index (χ1n) is 5.41. The number of hydrogen-bond donors (Lipinski definition) is 0. The Hall–Kier alpha value is -1.56. The average Bonchev–Trinajstić information content (AvgIpc) is 2.75. The number of benzene rings is 1. The molecule has 1 saturated heterocycles. The fourth-order valence-corrected chi connectivity index (χ4v) is 3.53. The maximum absolute atomic E-state index is 12.0. The smallest absolute Gasteiger partial charge is 0.286 e. The summed E-state index contributed by atoms with van der Waals surface area (Å²) < 4.78 is 32.9. The topological polar surface area (TPSA) is 59.0 Å². The molecule has 6 heteroatoms. The molecule has 1 aromatic rings. The van der Waals surface area contributed by atoms with Gasteiger partial charge in [0.05, 0.1) is 12.8 Å². The van der Waals surface area contributed by atoms with Crippen molar-refractivity contribution in [3.8, 4) is 5.75 Å². The average molecular weight is 252 g/mol. The van der Waals surface area contributed by atoms with Gasteiger partial charge in [-0.2, -0.15) is 8.42 Å². The summed E-state index contributed by atoms with van der Waals surface area (Å²) in [6.07, 6.45) is 1.67. The highest BCUT2D eigenvalue weighted by molar-refractivity contribution is 7.90. The first kappa shape index (κ1) is 10.6. The lowest BCUT2D eigenvalue weighted by atomic mass is 10.2. The Morgan fingerprint density at radius 1 is 1.41 bits per heavy atom. The van der Waals surface area contributed by atoms with Gasteiger partial charge in [0.25, 0.3) is 10.0 Å². The van der Waals surface area contributed by atoms with Gasteiger partial charge in [0, 0.05) is 19.0 Å². The number of rotatable bonds is 1. The van der Waals surface area contributed by atoms with Crippen molar-refractivity contribution in [2.24, 2.45) is 4.40 Å². The van der Waals surface area contributed by atoms with Crippen LogP contribution in [-0.4, -0.2) is 27.9 Å². The van der Waals surface area contributed by atoms with E-state index >= 15 is 0 Å². The minimum absolute atomic E-state index is 0.238. The van der Waals surface area contributed by atoms with Crippen molar-refractivity contribution in [1.82, 2.24) is 0 Å². The normalized spacial score (nSPS) is 20.5. The minimum atomic E-state index is -3.56. The van der Waals surface area contributed by atoms with Gasteiger partial charge in [0.15, 0.2) is 0 Å². The van der Waals surface area contributed by atoms with Gasteiger partial charge in [-0.05, 0) is 18.6 Å². The lowest BCUT2D eigenvalue weighted by Crippen LogP contribution is -2.30. The summed E-state index contributed by atoms with van der Waals surface area (Å²) in [7, 11) is -2.05. The molecule has 3 rings (SSSR count). The maximum atomic E-state index is 12.0. The summed E-state index contributed by atoms with van der Waals surface area (Å²) in [4.78, 5) is 2.21. The lowest BCUT2D eigenvalue weighted by Gasteiger charge is -2.25. The highest BCUT2D eigenvalue weighted by atomic mass is 32.2. The molecule has 0 aliphatic carbocycles. The summed E-state index contributed by atoms with van der Waals surface area (Å²) in [6, 6.07) is 5.09. The molecule has 0 spiro atoms. The van der Waals surface area contributed by atoms with Gasteiger partial charge in [-0.15, -0.1) is 4.40 Å². The van der Waals surface area contributed by atoms with E-state index in [2.05, 4.69) is 4.40 Å². The van der Waals surface area contributed by atoms with Crippen LogP contribution in [-0.2, 0) is 10.0 Å². The zero-order valence-electron chi connectivity index (χ0n) is 9.38. The Morgan fingerprint density at radius 2 is 2.24 bits per heavy atom. The van der Waals surface area contributed by atoms with Crippen molar-refractivity contribution >= 4 is 21.5 Å². The number of nitrogens with zero attached hydrogens (tertiary/aromatic N) is 2. The van der Waals surface area contributed by atoms with E-state index in [1.165, 1.54) is 13.2 Å². The summed E-state index contributed by atoms with van der Waals surface area (Å²) >= 11 is 0. The third-order valence-electron chi connectivity index (χ3n) is 3.05. The van der Waals surface area contributed by atoms with E-state index in [1.54, 1.807) is 12.1 Å². The number of sulfonamides is 1. The van der Waals surface area contributed by atoms with Crippen LogP contribution in [0.2, 0.25) is 0 Å². The summed E-state index contributed by atoms with van der Waals surface area (Å²) in [5.74, 6) is 1.19. The van der Waals surface area contributed by atoms with Crippen LogP contribution < -0.4 is 9.64 Å². The van der Waals surface area contributed by atoms with Crippen molar-refractivity contribution in [3.05, 3.63) is 18.2 Å². The highest BCUT2D eigenvalue weighted by Crippen LogP contribution is 2.37. The largest absolute Gasteiger partial charge is 0.497 e. The van der Waals surface area contributed by atoms with Crippen molar-refractivity contribution in [3.63, 3.8) is 0 Å². The number of hydrogen-bond acceptors (Lipinski definition) is 4. The van der Waals surface area contributed by atoms with Gasteiger partial charge in [-0.25, -0.2) is 0 Å². The van der Waals surface area contributed by atoms with Gasteiger partial charge < -0.3 is 9.64 Å². The monoisotopic (exact) mass is 252 g/mol. The molecule has 0 amide bonds. The molecule has 2 heterocycles. The first-order chi connectivity index (χ1) is 8.12. The predicted octanol–water partition coefficient (Wildman–Crippen LogP) is 1.40. The molecule has 0 saturated carbocycles. The molecule has 0 aromatic heterocycles. The first-order valence-corrected chi connectivity index (χ1v) is 6.85. The Morgan fingerprint density at radius 3 is 3.00 bits per heavy atom. The van der Waals surface area contributed by atoms with Crippen LogP contribution in [0.25, 0.3) is 0 Å². The van der Waals surface area contributed by atoms with Crippen LogP contribution in [0.1, 0.15) is 12.8 Å². The molecule has 0 unspecified atom stereocenters. The summed E-state index contributed by atoms with van der Waals surface area (Å²) in [5.41, 5.74) is 0.716. The molecule has 2 aliphatic rings. The molecule has 0 atom stereocenters. The zero-order chi connectivity index (χ0) is 12.0. The third kappa shape index (κ3) is 1.51. The van der Waals surface area contributed by atoms with Gasteiger partial charge in [0.1, 0.15) is 16.5 Å². The van der Waals surface area contributed by atoms with Crippen LogP contribution in [0.3, 0.4) is 0 Å². The molecule has 17 heavy (non-hydrogen) atoms. The second kappa shape index (κ2) is 3.46.